The minimum absolute atomic E-state index is 0.112. The van der Waals surface area contributed by atoms with Crippen LogP contribution in [0.25, 0.3) is 11.2 Å². The predicted octanol–water partition coefficient (Wildman–Crippen LogP) is 3.51. The lowest BCUT2D eigenvalue weighted by Crippen LogP contribution is -2.52. The second kappa shape index (κ2) is 6.40. The van der Waals surface area contributed by atoms with Gasteiger partial charge < -0.3 is 10.4 Å². The first kappa shape index (κ1) is 17.2. The van der Waals surface area contributed by atoms with Crippen LogP contribution in [0.4, 0.5) is 5.95 Å². The van der Waals surface area contributed by atoms with Crippen LogP contribution in [-0.4, -0.2) is 36.6 Å². The topological polar surface area (TPSA) is 88.8 Å². The van der Waals surface area contributed by atoms with Gasteiger partial charge in [0.25, 0.3) is 0 Å². The lowest BCUT2D eigenvalue weighted by atomic mass is 9.53. The highest BCUT2D eigenvalue weighted by atomic mass is 16.3. The molecule has 0 spiro atoms. The van der Waals surface area contributed by atoms with Crippen molar-refractivity contribution < 1.29 is 5.11 Å². The van der Waals surface area contributed by atoms with Crippen molar-refractivity contribution in [3.63, 3.8) is 0 Å². The number of rotatable bonds is 5. The Kier molecular flexibility index (Phi) is 3.79. The van der Waals surface area contributed by atoms with E-state index in [1.807, 2.05) is 12.1 Å². The molecular formula is C22H26N6O. The van der Waals surface area contributed by atoms with Crippen LogP contribution in [0, 0.1) is 17.8 Å². The van der Waals surface area contributed by atoms with Gasteiger partial charge in [-0.2, -0.15) is 4.98 Å². The Morgan fingerprint density at radius 2 is 1.72 bits per heavy atom. The molecule has 0 radical (unpaired) electrons. The summed E-state index contributed by atoms with van der Waals surface area (Å²) in [7, 11) is 0. The summed E-state index contributed by atoms with van der Waals surface area (Å²) >= 11 is 0. The summed E-state index contributed by atoms with van der Waals surface area (Å²) in [6.45, 7) is 0.731. The van der Waals surface area contributed by atoms with Crippen LogP contribution in [0.3, 0.4) is 0 Å². The van der Waals surface area contributed by atoms with E-state index in [1.54, 1.807) is 18.3 Å². The molecule has 0 amide bonds. The molecular weight excluding hydrogens is 364 g/mol. The van der Waals surface area contributed by atoms with Crippen LogP contribution >= 0.6 is 0 Å². The number of fused-ring (bicyclic) bond motifs is 1. The van der Waals surface area contributed by atoms with Gasteiger partial charge in [-0.15, -0.1) is 5.10 Å². The second-order valence-electron chi connectivity index (χ2n) is 9.39. The van der Waals surface area contributed by atoms with Crippen molar-refractivity contribution >= 4 is 17.1 Å². The zero-order valence-electron chi connectivity index (χ0n) is 16.5. The van der Waals surface area contributed by atoms with Gasteiger partial charge in [0.05, 0.1) is 11.7 Å². The Bertz CT molecular complexity index is 1010. The van der Waals surface area contributed by atoms with E-state index in [0.717, 1.165) is 47.4 Å². The number of aromatic nitrogens is 5. The molecule has 29 heavy (non-hydrogen) atoms. The third-order valence-electron chi connectivity index (χ3n) is 7.28. The highest BCUT2D eigenvalue weighted by Crippen LogP contribution is 2.58. The fourth-order valence-corrected chi connectivity index (χ4v) is 6.44. The number of phenols is 1. The number of hydrogen-bond acceptors (Lipinski definition) is 6. The van der Waals surface area contributed by atoms with Crippen LogP contribution in [0.5, 0.6) is 5.75 Å². The SMILES string of the molecule is Oc1ccc(CCNc2ncc3nnn(C45CC6CC(CC(C6)C4)C5)c3n2)cc1. The van der Waals surface area contributed by atoms with Gasteiger partial charge in [0.2, 0.25) is 5.95 Å². The Hall–Kier alpha value is -2.70. The average molecular weight is 390 g/mol. The molecule has 4 bridgehead atoms. The molecule has 150 valence electrons. The molecule has 0 aliphatic heterocycles. The molecule has 4 fully saturated rings. The van der Waals surface area contributed by atoms with Gasteiger partial charge in [0.1, 0.15) is 5.75 Å². The first-order chi connectivity index (χ1) is 14.2. The number of nitrogens with one attached hydrogen (secondary N) is 1. The molecule has 2 N–H and O–H groups in total. The van der Waals surface area contributed by atoms with E-state index < -0.39 is 0 Å². The molecule has 2 aromatic heterocycles. The quantitative estimate of drug-likeness (QED) is 0.693. The molecule has 7 heteroatoms. The number of benzene rings is 1. The van der Waals surface area contributed by atoms with E-state index in [4.69, 9.17) is 4.98 Å². The Morgan fingerprint density at radius 1 is 1.03 bits per heavy atom. The maximum atomic E-state index is 9.40. The van der Waals surface area contributed by atoms with Crippen molar-refractivity contribution in [2.45, 2.75) is 50.5 Å². The van der Waals surface area contributed by atoms with Gasteiger partial charge in [-0.25, -0.2) is 9.67 Å². The number of nitrogens with zero attached hydrogens (tertiary/aromatic N) is 5. The van der Waals surface area contributed by atoms with Gasteiger partial charge in [0.15, 0.2) is 11.2 Å². The van der Waals surface area contributed by atoms with Gasteiger partial charge in [-0.1, -0.05) is 17.3 Å². The minimum Gasteiger partial charge on any atom is -0.508 e. The van der Waals surface area contributed by atoms with Crippen LogP contribution < -0.4 is 5.32 Å². The number of hydrogen-bond donors (Lipinski definition) is 2. The van der Waals surface area contributed by atoms with Crippen LogP contribution in [0.15, 0.2) is 30.5 Å². The van der Waals surface area contributed by atoms with Crippen molar-refractivity contribution in [2.75, 3.05) is 11.9 Å². The van der Waals surface area contributed by atoms with E-state index in [-0.39, 0.29) is 5.54 Å². The van der Waals surface area contributed by atoms with Crippen molar-refractivity contribution in [3.8, 4) is 5.75 Å². The number of phenolic OH excluding ortho intramolecular Hbond substituents is 1. The molecule has 2 heterocycles. The van der Waals surface area contributed by atoms with E-state index in [0.29, 0.717) is 11.7 Å². The van der Waals surface area contributed by atoms with Crippen LogP contribution in [0.2, 0.25) is 0 Å². The first-order valence-electron chi connectivity index (χ1n) is 10.8. The molecule has 7 nitrogen and oxygen atoms in total. The Balaban J connectivity index is 1.24. The predicted molar refractivity (Wildman–Crippen MR) is 110 cm³/mol. The molecule has 0 atom stereocenters. The molecule has 0 saturated heterocycles. The zero-order chi connectivity index (χ0) is 19.4. The maximum Gasteiger partial charge on any atom is 0.224 e. The normalized spacial score (nSPS) is 30.1. The molecule has 4 aliphatic carbocycles. The largest absolute Gasteiger partial charge is 0.508 e. The lowest BCUT2D eigenvalue weighted by molar-refractivity contribution is -0.0481. The number of aromatic hydroxyl groups is 1. The van der Waals surface area contributed by atoms with E-state index in [2.05, 4.69) is 25.3 Å². The van der Waals surface area contributed by atoms with Crippen LogP contribution in [-0.2, 0) is 12.0 Å². The summed E-state index contributed by atoms with van der Waals surface area (Å²) in [5.74, 6) is 3.48. The lowest BCUT2D eigenvalue weighted by Gasteiger charge is -2.56. The fourth-order valence-electron chi connectivity index (χ4n) is 6.44. The standard InChI is InChI=1S/C22H26N6O/c29-18-3-1-14(2-4-18)5-6-23-21-24-13-19-20(25-21)28(27-26-19)22-10-15-7-16(11-22)9-17(8-15)12-22/h1-4,13,15-17,29H,5-12H2,(H,23,24,25). The zero-order valence-corrected chi connectivity index (χ0v) is 16.5. The smallest absolute Gasteiger partial charge is 0.224 e. The summed E-state index contributed by atoms with van der Waals surface area (Å²) in [6, 6.07) is 7.31. The number of anilines is 1. The average Bonchev–Trinajstić information content (AvgIpc) is 3.13. The van der Waals surface area contributed by atoms with E-state index in [1.165, 1.54) is 38.5 Å². The monoisotopic (exact) mass is 390 g/mol. The summed E-state index contributed by atoms with van der Waals surface area (Å²) in [5.41, 5.74) is 2.93. The van der Waals surface area contributed by atoms with Crippen LogP contribution in [0.1, 0.15) is 44.1 Å². The van der Waals surface area contributed by atoms with Gasteiger partial charge in [-0.3, -0.25) is 0 Å². The first-order valence-corrected chi connectivity index (χ1v) is 10.8. The third-order valence-corrected chi connectivity index (χ3v) is 7.28. The van der Waals surface area contributed by atoms with Gasteiger partial charge >= 0.3 is 0 Å². The van der Waals surface area contributed by atoms with Crippen molar-refractivity contribution in [1.29, 1.82) is 0 Å². The summed E-state index contributed by atoms with van der Waals surface area (Å²) in [5, 5.41) is 21.7. The van der Waals surface area contributed by atoms with Gasteiger partial charge in [-0.05, 0) is 80.4 Å². The molecule has 3 aromatic rings. The molecule has 7 rings (SSSR count). The third kappa shape index (κ3) is 2.94. The molecule has 1 aromatic carbocycles. The highest BCUT2D eigenvalue weighted by Gasteiger charge is 2.53. The van der Waals surface area contributed by atoms with E-state index in [9.17, 15) is 5.11 Å². The van der Waals surface area contributed by atoms with Crippen molar-refractivity contribution in [3.05, 3.63) is 36.0 Å². The highest BCUT2D eigenvalue weighted by molar-refractivity contribution is 5.70. The molecule has 4 aliphatic rings. The molecule has 0 unspecified atom stereocenters. The maximum absolute atomic E-state index is 9.40. The summed E-state index contributed by atoms with van der Waals surface area (Å²) in [4.78, 5) is 9.25. The van der Waals surface area contributed by atoms with Gasteiger partial charge in [0, 0.05) is 6.54 Å². The van der Waals surface area contributed by atoms with E-state index >= 15 is 0 Å². The van der Waals surface area contributed by atoms with Crippen molar-refractivity contribution in [1.82, 2.24) is 25.0 Å². The Morgan fingerprint density at radius 3 is 2.41 bits per heavy atom. The van der Waals surface area contributed by atoms with Crippen molar-refractivity contribution in [2.24, 2.45) is 17.8 Å². The fraction of sp³-hybridized carbons (Fsp3) is 0.545. The molecule has 4 saturated carbocycles. The second-order valence-corrected chi connectivity index (χ2v) is 9.39. The Labute approximate surface area is 169 Å². The minimum atomic E-state index is 0.112. The summed E-state index contributed by atoms with van der Waals surface area (Å²) in [6.07, 6.45) is 10.5. The summed E-state index contributed by atoms with van der Waals surface area (Å²) < 4.78 is 2.15.